The number of fused-ring (bicyclic) bond motifs is 1. The number of hydrogen-bond acceptors (Lipinski definition) is 4. The molecule has 0 aliphatic heterocycles. The lowest BCUT2D eigenvalue weighted by Gasteiger charge is -2.08. The van der Waals surface area contributed by atoms with Crippen molar-refractivity contribution in [2.24, 2.45) is 0 Å². The van der Waals surface area contributed by atoms with E-state index in [2.05, 4.69) is 20.6 Å². The van der Waals surface area contributed by atoms with Crippen LogP contribution in [0.2, 0.25) is 5.02 Å². The molecule has 2 aromatic heterocycles. The Morgan fingerprint density at radius 1 is 1.06 bits per heavy atom. The van der Waals surface area contributed by atoms with Crippen molar-refractivity contribution in [3.05, 3.63) is 89.3 Å². The fourth-order valence-corrected chi connectivity index (χ4v) is 3.25. The van der Waals surface area contributed by atoms with Gasteiger partial charge < -0.3 is 20.4 Å². The van der Waals surface area contributed by atoms with Gasteiger partial charge >= 0.3 is 0 Å². The number of carbonyl (C=O) groups is 2. The number of amides is 2. The molecule has 0 saturated carbocycles. The van der Waals surface area contributed by atoms with Gasteiger partial charge in [-0.05, 0) is 54.1 Å². The lowest BCUT2D eigenvalue weighted by Crippen LogP contribution is -2.18. The summed E-state index contributed by atoms with van der Waals surface area (Å²) in [5.41, 5.74) is 2.69. The Bertz CT molecular complexity index is 1310. The van der Waals surface area contributed by atoms with Gasteiger partial charge in [-0.15, -0.1) is 0 Å². The van der Waals surface area contributed by atoms with Crippen LogP contribution in [0.4, 0.5) is 5.69 Å². The monoisotopic (exact) mass is 446 g/mol. The molecule has 4 rings (SSSR count). The lowest BCUT2D eigenvalue weighted by atomic mass is 10.1. The minimum absolute atomic E-state index is 0.258. The van der Waals surface area contributed by atoms with Gasteiger partial charge in [-0.2, -0.15) is 0 Å². The van der Waals surface area contributed by atoms with Crippen molar-refractivity contribution < 1.29 is 14.3 Å². The van der Waals surface area contributed by atoms with Crippen molar-refractivity contribution in [2.45, 2.75) is 0 Å². The van der Waals surface area contributed by atoms with Crippen molar-refractivity contribution in [2.75, 3.05) is 12.4 Å². The number of nitrogens with zero attached hydrogens (tertiary/aromatic N) is 1. The molecule has 0 spiro atoms. The number of benzene rings is 2. The van der Waals surface area contributed by atoms with E-state index in [1.54, 1.807) is 42.5 Å². The molecule has 0 atom stereocenters. The lowest BCUT2D eigenvalue weighted by molar-refractivity contribution is -0.111. The molecule has 160 valence electrons. The van der Waals surface area contributed by atoms with Gasteiger partial charge in [0.15, 0.2) is 0 Å². The molecule has 32 heavy (non-hydrogen) atoms. The summed E-state index contributed by atoms with van der Waals surface area (Å²) in [6.07, 6.45) is 6.54. The van der Waals surface area contributed by atoms with Gasteiger partial charge in [0, 0.05) is 53.2 Å². The van der Waals surface area contributed by atoms with E-state index < -0.39 is 0 Å². The fourth-order valence-electron chi connectivity index (χ4n) is 3.08. The number of aromatic nitrogens is 2. The topological polar surface area (TPSA) is 96.1 Å². The van der Waals surface area contributed by atoms with Crippen LogP contribution in [0.5, 0.6) is 11.5 Å². The number of aromatic amines is 1. The first-order chi connectivity index (χ1) is 15.5. The second-order valence-corrected chi connectivity index (χ2v) is 7.28. The second kappa shape index (κ2) is 9.36. The third kappa shape index (κ3) is 4.96. The molecule has 4 aromatic rings. The largest absolute Gasteiger partial charge is 0.457 e. The van der Waals surface area contributed by atoms with Crippen molar-refractivity contribution in [3.63, 3.8) is 0 Å². The predicted molar refractivity (Wildman–Crippen MR) is 125 cm³/mol. The van der Waals surface area contributed by atoms with Crippen molar-refractivity contribution in [3.8, 4) is 11.5 Å². The molecule has 0 aliphatic carbocycles. The first-order valence-electron chi connectivity index (χ1n) is 9.73. The van der Waals surface area contributed by atoms with Crippen LogP contribution >= 0.6 is 11.6 Å². The van der Waals surface area contributed by atoms with E-state index in [1.807, 2.05) is 24.4 Å². The van der Waals surface area contributed by atoms with Crippen LogP contribution in [0.15, 0.2) is 73.1 Å². The summed E-state index contributed by atoms with van der Waals surface area (Å²) in [5, 5.41) is 6.96. The second-order valence-electron chi connectivity index (χ2n) is 6.84. The van der Waals surface area contributed by atoms with Crippen LogP contribution in [0, 0.1) is 0 Å². The van der Waals surface area contributed by atoms with Crippen molar-refractivity contribution >= 4 is 46.1 Å². The molecule has 0 radical (unpaired) electrons. The van der Waals surface area contributed by atoms with Crippen LogP contribution in [-0.2, 0) is 4.79 Å². The average molecular weight is 447 g/mol. The molecule has 7 nitrogen and oxygen atoms in total. The molecule has 0 saturated heterocycles. The average Bonchev–Trinajstić information content (AvgIpc) is 3.20. The summed E-state index contributed by atoms with van der Waals surface area (Å²) in [6, 6.07) is 15.7. The van der Waals surface area contributed by atoms with E-state index in [1.165, 1.54) is 19.3 Å². The molecule has 8 heteroatoms. The van der Waals surface area contributed by atoms with Crippen molar-refractivity contribution in [1.82, 2.24) is 15.3 Å². The number of halogens is 1. The highest BCUT2D eigenvalue weighted by atomic mass is 35.5. The summed E-state index contributed by atoms with van der Waals surface area (Å²) in [5.74, 6) is 0.493. The van der Waals surface area contributed by atoms with E-state index in [-0.39, 0.29) is 17.5 Å². The van der Waals surface area contributed by atoms with E-state index >= 15 is 0 Å². The van der Waals surface area contributed by atoms with Crippen LogP contribution in [-0.4, -0.2) is 28.8 Å². The highest BCUT2D eigenvalue weighted by molar-refractivity contribution is 6.31. The maximum atomic E-state index is 12.3. The standard InChI is InChI=1S/C24H19ClN4O3/c1-26-24(31)22-13-19(10-11-27-22)32-18-6-4-17(5-7-18)29-23(30)9-2-15-14-28-21-12-16(25)3-8-20(15)21/h2-14,28H,1H3,(H,26,31)(H,29,30)/b9-2+. The zero-order valence-corrected chi connectivity index (χ0v) is 17.8. The van der Waals surface area contributed by atoms with Crippen LogP contribution in [0.3, 0.4) is 0 Å². The Balaban J connectivity index is 1.38. The number of anilines is 1. The van der Waals surface area contributed by atoms with Gasteiger partial charge in [-0.25, -0.2) is 0 Å². The quantitative estimate of drug-likeness (QED) is 0.362. The molecule has 3 N–H and O–H groups in total. The summed E-state index contributed by atoms with van der Waals surface area (Å²) < 4.78 is 5.76. The van der Waals surface area contributed by atoms with Gasteiger partial charge in [-0.3, -0.25) is 14.6 Å². The smallest absolute Gasteiger partial charge is 0.269 e. The number of carbonyl (C=O) groups excluding carboxylic acids is 2. The van der Waals surface area contributed by atoms with E-state index in [4.69, 9.17) is 16.3 Å². The van der Waals surface area contributed by atoms with E-state index in [0.717, 1.165) is 16.5 Å². The Morgan fingerprint density at radius 3 is 2.66 bits per heavy atom. The zero-order chi connectivity index (χ0) is 22.5. The Kier molecular flexibility index (Phi) is 6.19. The van der Waals surface area contributed by atoms with Crippen LogP contribution in [0.1, 0.15) is 16.1 Å². The Hall–Kier alpha value is -4.10. The fraction of sp³-hybridized carbons (Fsp3) is 0.0417. The molecule has 2 amide bonds. The minimum atomic E-state index is -0.294. The zero-order valence-electron chi connectivity index (χ0n) is 17.1. The molecule has 2 aromatic carbocycles. The number of H-pyrrole nitrogens is 1. The third-order valence-electron chi connectivity index (χ3n) is 4.64. The summed E-state index contributed by atoms with van der Waals surface area (Å²) in [4.78, 5) is 31.1. The number of nitrogens with one attached hydrogen (secondary N) is 3. The normalized spacial score (nSPS) is 10.9. The first kappa shape index (κ1) is 21.1. The number of pyridine rings is 1. The number of rotatable bonds is 6. The molecular weight excluding hydrogens is 428 g/mol. The van der Waals surface area contributed by atoms with Crippen molar-refractivity contribution in [1.29, 1.82) is 0 Å². The SMILES string of the molecule is CNC(=O)c1cc(Oc2ccc(NC(=O)/C=C/c3c[nH]c4cc(Cl)ccc34)cc2)ccn1. The molecule has 0 aliphatic rings. The number of ether oxygens (including phenoxy) is 1. The Morgan fingerprint density at radius 2 is 1.88 bits per heavy atom. The third-order valence-corrected chi connectivity index (χ3v) is 4.87. The number of hydrogen-bond donors (Lipinski definition) is 3. The summed E-state index contributed by atoms with van der Waals surface area (Å²) >= 11 is 6.00. The highest BCUT2D eigenvalue weighted by Gasteiger charge is 2.07. The van der Waals surface area contributed by atoms with Gasteiger partial charge in [0.05, 0.1) is 0 Å². The first-order valence-corrected chi connectivity index (χ1v) is 10.1. The summed E-state index contributed by atoms with van der Waals surface area (Å²) in [7, 11) is 1.54. The highest BCUT2D eigenvalue weighted by Crippen LogP contribution is 2.24. The maximum absolute atomic E-state index is 12.3. The minimum Gasteiger partial charge on any atom is -0.457 e. The van der Waals surface area contributed by atoms with Crippen LogP contribution < -0.4 is 15.4 Å². The molecular formula is C24H19ClN4O3. The Labute approximate surface area is 189 Å². The molecule has 0 fully saturated rings. The van der Waals surface area contributed by atoms with Gasteiger partial charge in [0.1, 0.15) is 17.2 Å². The van der Waals surface area contributed by atoms with Gasteiger partial charge in [0.2, 0.25) is 5.91 Å². The van der Waals surface area contributed by atoms with Gasteiger partial charge in [-0.1, -0.05) is 17.7 Å². The molecule has 0 bridgehead atoms. The van der Waals surface area contributed by atoms with Gasteiger partial charge in [0.25, 0.3) is 5.91 Å². The predicted octanol–water partition coefficient (Wildman–Crippen LogP) is 5.02. The summed E-state index contributed by atoms with van der Waals surface area (Å²) in [6.45, 7) is 0. The molecule has 2 heterocycles. The molecule has 0 unspecified atom stereocenters. The van der Waals surface area contributed by atoms with E-state index in [9.17, 15) is 9.59 Å². The maximum Gasteiger partial charge on any atom is 0.269 e. The van der Waals surface area contributed by atoms with E-state index in [0.29, 0.717) is 22.2 Å². The van der Waals surface area contributed by atoms with Crippen LogP contribution in [0.25, 0.3) is 17.0 Å².